The van der Waals surface area contributed by atoms with Crippen LogP contribution in [-0.4, -0.2) is 150 Å². The number of ketones is 6. The number of benzene rings is 6. The molecule has 6 aromatic carbocycles. The third-order valence-electron chi connectivity index (χ3n) is 23.5. The number of phenolic OH excluding ortho intramolecular Hbond substituents is 1. The van der Waals surface area contributed by atoms with Gasteiger partial charge in [0.25, 0.3) is 11.8 Å². The molecular formula is C100H120N10O17. The summed E-state index contributed by atoms with van der Waals surface area (Å²) in [6.45, 7) is 11.8. The number of Topliss-reactive ketones (excluding diaryl/α,β-unsaturated/α-hetero) is 6. The van der Waals surface area contributed by atoms with E-state index in [4.69, 9.17) is 4.74 Å². The molecule has 0 radical (unpaired) electrons. The van der Waals surface area contributed by atoms with E-state index in [9.17, 15) is 77.0 Å². The SMILES string of the molecule is CC(C)C[C@H](CC(=O)[C@H](Cc1ccc(O)cc1)NC(=O)OCc1ccccc1)C(=O)N[C@H](C=O)C[C@@H]1CCCCC1=O.CC(C)C[C@H](CC(=O)[C@H](Cc1cccc2ccccc12)NC(=O)c1cnccn1)C(=O)N[C@H](C=O)C[C@@H]1CCCC1=O.CC(C)C[C@H](CC(=O)[C@H](Cc1cccc2ccccc12)NC(=O)c1cnccn1)C(=O)N[C@H](C=O)C[C@@H]1CCCCC1=O. The summed E-state index contributed by atoms with van der Waals surface area (Å²) in [4.78, 5) is 209. The highest BCUT2D eigenvalue weighted by atomic mass is 16.5. The number of nitrogens with one attached hydrogen (secondary N) is 6. The number of aromatic nitrogens is 4. The molecular weight excluding hydrogens is 1610 g/mol. The normalized spacial score (nSPS) is 17.1. The Morgan fingerprint density at radius 3 is 1.15 bits per heavy atom. The molecule has 0 unspecified atom stereocenters. The van der Waals surface area contributed by atoms with Crippen LogP contribution < -0.4 is 31.9 Å². The summed E-state index contributed by atoms with van der Waals surface area (Å²) in [6.07, 6.45) is 19.9. The van der Waals surface area contributed by atoms with Crippen LogP contribution >= 0.6 is 0 Å². The van der Waals surface area contributed by atoms with Crippen molar-refractivity contribution >= 4 is 111 Å². The molecule has 12 atom stereocenters. The van der Waals surface area contributed by atoms with Gasteiger partial charge in [0.15, 0.2) is 17.3 Å². The van der Waals surface area contributed by atoms with Gasteiger partial charge in [-0.25, -0.2) is 14.8 Å². The summed E-state index contributed by atoms with van der Waals surface area (Å²) in [5, 5.41) is 30.3. The average molecular weight is 1730 g/mol. The number of alkyl carbamates (subject to hydrolysis) is 1. The van der Waals surface area contributed by atoms with Crippen LogP contribution in [0.2, 0.25) is 0 Å². The summed E-state index contributed by atoms with van der Waals surface area (Å²) < 4.78 is 5.34. The minimum Gasteiger partial charge on any atom is -0.508 e. The molecule has 3 aliphatic rings. The van der Waals surface area contributed by atoms with Gasteiger partial charge in [-0.05, 0) is 157 Å². The molecule has 127 heavy (non-hydrogen) atoms. The quantitative estimate of drug-likeness (QED) is 0.0175. The first-order valence-corrected chi connectivity index (χ1v) is 44.4. The zero-order valence-electron chi connectivity index (χ0n) is 73.4. The van der Waals surface area contributed by atoms with Crippen LogP contribution in [0.15, 0.2) is 177 Å². The van der Waals surface area contributed by atoms with E-state index in [1.165, 1.54) is 49.3 Å². The maximum absolute atomic E-state index is 13.9. The Bertz CT molecular complexity index is 5040. The molecule has 3 aliphatic carbocycles. The van der Waals surface area contributed by atoms with Crippen molar-refractivity contribution in [2.45, 2.75) is 232 Å². The Balaban J connectivity index is 0.000000215. The van der Waals surface area contributed by atoms with Crippen LogP contribution in [0.3, 0.4) is 0 Å². The van der Waals surface area contributed by atoms with Gasteiger partial charge in [-0.15, -0.1) is 0 Å². The fourth-order valence-corrected chi connectivity index (χ4v) is 16.9. The van der Waals surface area contributed by atoms with Crippen LogP contribution in [0.5, 0.6) is 5.75 Å². The predicted molar refractivity (Wildman–Crippen MR) is 479 cm³/mol. The molecule has 11 rings (SSSR count). The van der Waals surface area contributed by atoms with E-state index in [1.54, 1.807) is 12.1 Å². The van der Waals surface area contributed by atoms with E-state index in [0.29, 0.717) is 82.2 Å². The van der Waals surface area contributed by atoms with Gasteiger partial charge in [-0.1, -0.05) is 182 Å². The molecule has 27 heteroatoms. The smallest absolute Gasteiger partial charge is 0.408 e. The second kappa shape index (κ2) is 50.6. The number of aldehydes is 3. The van der Waals surface area contributed by atoms with Gasteiger partial charge in [-0.2, -0.15) is 0 Å². The fourth-order valence-electron chi connectivity index (χ4n) is 16.9. The van der Waals surface area contributed by atoms with Gasteiger partial charge in [0, 0.05) is 112 Å². The van der Waals surface area contributed by atoms with Gasteiger partial charge < -0.3 is 56.1 Å². The van der Waals surface area contributed by atoms with Gasteiger partial charge in [0.05, 0.1) is 48.6 Å². The topological polar surface area (TPSA) is 409 Å². The van der Waals surface area contributed by atoms with Crippen molar-refractivity contribution in [1.29, 1.82) is 0 Å². The van der Waals surface area contributed by atoms with Crippen molar-refractivity contribution in [3.63, 3.8) is 0 Å². The number of nitrogens with zero attached hydrogens (tertiary/aromatic N) is 4. The van der Waals surface area contributed by atoms with Crippen molar-refractivity contribution in [3.05, 3.63) is 210 Å². The number of carbonyl (C=O) groups excluding carboxylic acids is 15. The fraction of sp³-hybridized carbons (Fsp3) is 0.450. The molecule has 3 saturated carbocycles. The van der Waals surface area contributed by atoms with E-state index in [1.807, 2.05) is 157 Å². The first-order valence-electron chi connectivity index (χ1n) is 44.4. The molecule has 2 aromatic heterocycles. The average Bonchev–Trinajstić information content (AvgIpc) is 0.917. The zero-order valence-corrected chi connectivity index (χ0v) is 73.4. The number of phenols is 1. The lowest BCUT2D eigenvalue weighted by Gasteiger charge is -2.26. The van der Waals surface area contributed by atoms with Crippen LogP contribution in [0, 0.1) is 53.3 Å². The number of amides is 6. The van der Waals surface area contributed by atoms with Crippen molar-refractivity contribution in [1.82, 2.24) is 51.8 Å². The summed E-state index contributed by atoms with van der Waals surface area (Å²) in [6, 6.07) is 37.5. The number of fused-ring (bicyclic) bond motifs is 2. The maximum Gasteiger partial charge on any atom is 0.408 e. The standard InChI is InChI=1S/C34H40N4O5.C33H38N4O5.C33H42N2O7/c1-22(2)16-26(33(42)37-27(21-39)17-25-9-4-6-13-31(25)40)19-32(41)29(38-34(43)30-20-35-14-15-36-30)18-24-11-7-10-23-8-3-5-12-28(23)24;1-21(2)15-25(32(41)36-26(20-38)16-24-10-6-12-30(24)39)18-31(40)28(37-33(42)29-19-34-13-14-35-29)17-23-9-5-8-22-7-3-4-11-27(22)23;1-22(2)16-26(32(40)34-27(20-36)18-25-10-6-7-11-30(25)38)19-31(39)29(17-23-12-14-28(37)15-13-23)35-33(41)42-21-24-8-4-3-5-9-24/h3,5,7-8,10-12,14-15,20-22,25-27,29H,4,6,9,13,16-19H2,1-2H3,(H,37,42)(H,38,43);3-5,7-9,11,13-14,19-21,24-26,28H,6,10,12,15-18H2,1-2H3,(H,36,41)(H,37,42);3-5,8-9,12-15,20,22,25-27,29,37H,6-7,10-11,16-19,21H2,1-2H3,(H,34,40)(H,35,41)/t25-,26+,27-,29-;24-,25+,26-,28-;25-,26+,27-,29-/m000/s1. The highest BCUT2D eigenvalue weighted by Gasteiger charge is 2.37. The van der Waals surface area contributed by atoms with Gasteiger partial charge >= 0.3 is 6.09 Å². The van der Waals surface area contributed by atoms with Gasteiger partial charge in [0.2, 0.25) is 17.7 Å². The maximum atomic E-state index is 13.9. The summed E-state index contributed by atoms with van der Waals surface area (Å²) >= 11 is 0. The van der Waals surface area contributed by atoms with E-state index in [2.05, 4.69) is 51.8 Å². The first kappa shape index (κ1) is 98.2. The Kier molecular flexibility index (Phi) is 39.1. The molecule has 0 aliphatic heterocycles. The molecule has 0 spiro atoms. The Morgan fingerprint density at radius 1 is 0.409 bits per heavy atom. The first-order chi connectivity index (χ1) is 61.1. The lowest BCUT2D eigenvalue weighted by atomic mass is 9.83. The van der Waals surface area contributed by atoms with Gasteiger partial charge in [0.1, 0.15) is 60.0 Å². The third-order valence-corrected chi connectivity index (χ3v) is 23.5. The Morgan fingerprint density at radius 2 is 0.780 bits per heavy atom. The van der Waals surface area contributed by atoms with Crippen LogP contribution in [-0.2, 0) is 88.1 Å². The zero-order chi connectivity index (χ0) is 91.3. The second-order valence-electron chi connectivity index (χ2n) is 34.9. The third kappa shape index (κ3) is 31.8. The summed E-state index contributed by atoms with van der Waals surface area (Å²) in [5.41, 5.74) is 3.44. The molecule has 6 amide bonds. The van der Waals surface area contributed by atoms with Crippen molar-refractivity contribution in [2.24, 2.45) is 53.3 Å². The molecule has 672 valence electrons. The second-order valence-corrected chi connectivity index (χ2v) is 34.9. The number of ether oxygens (including phenoxy) is 1. The predicted octanol–water partition coefficient (Wildman–Crippen LogP) is 13.1. The number of carbonyl (C=O) groups is 15. The summed E-state index contributed by atoms with van der Waals surface area (Å²) in [5.74, 6) is -5.35. The molecule has 2 heterocycles. The van der Waals surface area contributed by atoms with Gasteiger partial charge in [-0.3, -0.25) is 62.7 Å². The van der Waals surface area contributed by atoms with E-state index >= 15 is 0 Å². The largest absolute Gasteiger partial charge is 0.508 e. The Hall–Kier alpha value is -12.6. The molecule has 7 N–H and O–H groups in total. The molecule has 0 saturated heterocycles. The van der Waals surface area contributed by atoms with Crippen LogP contribution in [0.1, 0.15) is 213 Å². The minimum absolute atomic E-state index is 0.0295. The lowest BCUT2D eigenvalue weighted by molar-refractivity contribution is -0.132. The molecule has 0 bridgehead atoms. The van der Waals surface area contributed by atoms with E-state index in [-0.39, 0.29) is 152 Å². The highest BCUT2D eigenvalue weighted by molar-refractivity contribution is 6.00. The number of hydrogen-bond acceptors (Lipinski definition) is 21. The van der Waals surface area contributed by atoms with Crippen molar-refractivity contribution in [2.75, 3.05) is 0 Å². The summed E-state index contributed by atoms with van der Waals surface area (Å²) in [7, 11) is 0. The van der Waals surface area contributed by atoms with E-state index in [0.717, 1.165) is 70.3 Å². The van der Waals surface area contributed by atoms with Crippen molar-refractivity contribution in [3.8, 4) is 5.75 Å². The van der Waals surface area contributed by atoms with Crippen LogP contribution in [0.25, 0.3) is 21.5 Å². The highest BCUT2D eigenvalue weighted by Crippen LogP contribution is 2.31. The number of hydrogen-bond donors (Lipinski definition) is 7. The van der Waals surface area contributed by atoms with Crippen molar-refractivity contribution < 1.29 is 81.8 Å². The Labute approximate surface area is 741 Å². The monoisotopic (exact) mass is 1730 g/mol. The number of rotatable bonds is 43. The minimum atomic E-state index is -0.984. The lowest BCUT2D eigenvalue weighted by Crippen LogP contribution is -2.46. The van der Waals surface area contributed by atoms with Crippen LogP contribution in [0.4, 0.5) is 4.79 Å². The van der Waals surface area contributed by atoms with E-state index < -0.39 is 89.6 Å². The molecule has 27 nitrogen and oxygen atoms in total. The molecule has 3 fully saturated rings. The molecule has 8 aromatic rings. The number of aromatic hydroxyl groups is 1.